The molecular formula is C18H13BrF2N2O6. The maximum Gasteiger partial charge on any atom is 0.387 e. The van der Waals surface area contributed by atoms with Crippen molar-refractivity contribution in [2.75, 3.05) is 0 Å². The van der Waals surface area contributed by atoms with Crippen LogP contribution in [0.5, 0.6) is 5.75 Å². The van der Waals surface area contributed by atoms with Crippen LogP contribution in [0.2, 0.25) is 0 Å². The van der Waals surface area contributed by atoms with Crippen LogP contribution in [0.4, 0.5) is 14.5 Å². The first kappa shape index (κ1) is 22.0. The van der Waals surface area contributed by atoms with E-state index in [0.717, 1.165) is 12.1 Å². The molecule has 2 N–H and O–H groups in total. The Morgan fingerprint density at radius 2 is 1.97 bits per heavy atom. The maximum absolute atomic E-state index is 12.5. The normalized spacial score (nSPS) is 10.9. The predicted octanol–water partition coefficient (Wildman–Crippen LogP) is 3.81. The molecule has 0 bridgehead atoms. The molecule has 0 aliphatic heterocycles. The van der Waals surface area contributed by atoms with Crippen molar-refractivity contribution in [2.45, 2.75) is 13.2 Å². The van der Waals surface area contributed by atoms with Crippen molar-refractivity contribution in [3.05, 3.63) is 73.8 Å². The molecule has 0 aromatic heterocycles. The summed E-state index contributed by atoms with van der Waals surface area (Å²) in [5.41, 5.74) is 4.83. The van der Waals surface area contributed by atoms with Crippen molar-refractivity contribution >= 4 is 39.6 Å². The highest BCUT2D eigenvalue weighted by atomic mass is 79.9. The number of nitro groups is 1. The lowest BCUT2D eigenvalue weighted by Gasteiger charge is -2.08. The lowest BCUT2D eigenvalue weighted by Crippen LogP contribution is -2.12. The second kappa shape index (κ2) is 9.73. The number of nitro benzene ring substituents is 1. The van der Waals surface area contributed by atoms with E-state index in [4.69, 9.17) is 10.5 Å². The Kier molecular flexibility index (Phi) is 7.37. The maximum atomic E-state index is 12.5. The summed E-state index contributed by atoms with van der Waals surface area (Å²) in [6.45, 7) is -3.49. The number of nitrogens with two attached hydrogens (primary N) is 1. The predicted molar refractivity (Wildman–Crippen MR) is 101 cm³/mol. The smallest absolute Gasteiger partial charge is 0.387 e. The van der Waals surface area contributed by atoms with Crippen LogP contribution in [-0.4, -0.2) is 23.4 Å². The Hall–Kier alpha value is -3.34. The van der Waals surface area contributed by atoms with Gasteiger partial charge in [-0.2, -0.15) is 8.78 Å². The molecule has 0 atom stereocenters. The number of nitrogens with zero attached hydrogens (tertiary/aromatic N) is 1. The number of ether oxygens (including phenoxy) is 2. The van der Waals surface area contributed by atoms with Gasteiger partial charge < -0.3 is 15.2 Å². The molecule has 0 fully saturated rings. The fraction of sp³-hybridized carbons (Fsp3) is 0.111. The van der Waals surface area contributed by atoms with Gasteiger partial charge in [0.05, 0.1) is 10.5 Å². The number of carbonyl (C=O) groups excluding carboxylic acids is 2. The Labute approximate surface area is 171 Å². The molecule has 2 aromatic carbocycles. The summed E-state index contributed by atoms with van der Waals surface area (Å²) in [5.74, 6) is -1.86. The first-order valence-electron chi connectivity index (χ1n) is 7.83. The third-order valence-electron chi connectivity index (χ3n) is 3.52. The van der Waals surface area contributed by atoms with E-state index in [1.165, 1.54) is 36.4 Å². The van der Waals surface area contributed by atoms with Gasteiger partial charge in [0.2, 0.25) is 5.91 Å². The third kappa shape index (κ3) is 6.35. The molecule has 2 aromatic rings. The molecule has 0 spiro atoms. The average molecular weight is 471 g/mol. The van der Waals surface area contributed by atoms with Gasteiger partial charge >= 0.3 is 12.6 Å². The van der Waals surface area contributed by atoms with Crippen LogP contribution in [0.1, 0.15) is 21.5 Å². The van der Waals surface area contributed by atoms with Crippen LogP contribution in [-0.2, 0) is 16.1 Å². The number of benzene rings is 2. The van der Waals surface area contributed by atoms with Crippen LogP contribution in [0.3, 0.4) is 0 Å². The largest absolute Gasteiger partial charge is 0.457 e. The minimum Gasteiger partial charge on any atom is -0.457 e. The van der Waals surface area contributed by atoms with Crippen LogP contribution >= 0.6 is 15.9 Å². The van der Waals surface area contributed by atoms with E-state index >= 15 is 0 Å². The van der Waals surface area contributed by atoms with Crippen molar-refractivity contribution in [2.24, 2.45) is 5.73 Å². The van der Waals surface area contributed by atoms with Gasteiger partial charge in [-0.3, -0.25) is 14.9 Å². The van der Waals surface area contributed by atoms with Crippen molar-refractivity contribution in [1.29, 1.82) is 0 Å². The Morgan fingerprint density at radius 1 is 1.24 bits per heavy atom. The summed E-state index contributed by atoms with van der Waals surface area (Å²) in [7, 11) is 0. The first-order valence-corrected chi connectivity index (χ1v) is 8.63. The number of amides is 1. The number of esters is 1. The second-order valence-corrected chi connectivity index (χ2v) is 6.38. The zero-order valence-electron chi connectivity index (χ0n) is 14.5. The summed E-state index contributed by atoms with van der Waals surface area (Å²) >= 11 is 3.18. The van der Waals surface area contributed by atoms with Gasteiger partial charge in [0, 0.05) is 27.7 Å². The number of carbonyl (C=O) groups is 2. The quantitative estimate of drug-likeness (QED) is 0.271. The number of hydrogen-bond acceptors (Lipinski definition) is 6. The molecule has 0 aliphatic rings. The molecule has 0 saturated heterocycles. The molecule has 8 nitrogen and oxygen atoms in total. The van der Waals surface area contributed by atoms with E-state index in [1.54, 1.807) is 0 Å². The highest BCUT2D eigenvalue weighted by molar-refractivity contribution is 9.10. The number of primary amides is 1. The third-order valence-corrected chi connectivity index (χ3v) is 4.02. The van der Waals surface area contributed by atoms with Crippen LogP contribution in [0, 0.1) is 10.1 Å². The molecule has 0 heterocycles. The van der Waals surface area contributed by atoms with Gasteiger partial charge in [-0.25, -0.2) is 4.79 Å². The lowest BCUT2D eigenvalue weighted by molar-refractivity contribution is -0.385. The van der Waals surface area contributed by atoms with E-state index in [2.05, 4.69) is 20.7 Å². The molecule has 0 aliphatic carbocycles. The van der Waals surface area contributed by atoms with Gasteiger partial charge in [-0.15, -0.1) is 0 Å². The first-order chi connectivity index (χ1) is 13.7. The standard InChI is InChI=1S/C18H13BrF2N2O6/c19-13-4-5-15(29-18(20)21)10(7-13)3-6-16(24)28-9-12-2-1-11(17(22)25)8-14(12)23(26)27/h1-8,18H,9H2,(H2,22,25)/b6-3+. The molecule has 0 saturated carbocycles. The fourth-order valence-corrected chi connectivity index (χ4v) is 2.60. The van der Waals surface area contributed by atoms with Crippen molar-refractivity contribution < 1.29 is 32.8 Å². The van der Waals surface area contributed by atoms with E-state index in [0.29, 0.717) is 4.47 Å². The van der Waals surface area contributed by atoms with Crippen LogP contribution < -0.4 is 10.5 Å². The van der Waals surface area contributed by atoms with Gasteiger partial charge in [0.25, 0.3) is 5.69 Å². The molecule has 11 heteroatoms. The Balaban J connectivity index is 2.12. The van der Waals surface area contributed by atoms with E-state index in [-0.39, 0.29) is 22.4 Å². The van der Waals surface area contributed by atoms with Crippen LogP contribution in [0.25, 0.3) is 6.08 Å². The summed E-state index contributed by atoms with van der Waals surface area (Å²) in [6.07, 6.45) is 2.17. The van der Waals surface area contributed by atoms with Gasteiger partial charge in [-0.1, -0.05) is 15.9 Å². The minimum atomic E-state index is -3.04. The van der Waals surface area contributed by atoms with Crippen LogP contribution in [0.15, 0.2) is 46.9 Å². The summed E-state index contributed by atoms with van der Waals surface area (Å²) in [6, 6.07) is 7.74. The monoisotopic (exact) mass is 470 g/mol. The molecule has 0 radical (unpaired) electrons. The SMILES string of the molecule is NC(=O)c1ccc(COC(=O)/C=C/c2cc(Br)ccc2OC(F)F)c([N+](=O)[O-])c1. The van der Waals surface area contributed by atoms with E-state index < -0.39 is 35.7 Å². The molecular weight excluding hydrogens is 458 g/mol. The zero-order chi connectivity index (χ0) is 21.6. The molecule has 152 valence electrons. The van der Waals surface area contributed by atoms with E-state index in [1.807, 2.05) is 0 Å². The van der Waals surface area contributed by atoms with Gasteiger partial charge in [0.15, 0.2) is 0 Å². The number of hydrogen-bond donors (Lipinski definition) is 1. The molecule has 0 unspecified atom stereocenters. The van der Waals surface area contributed by atoms with Gasteiger partial charge in [0.1, 0.15) is 12.4 Å². The number of halogens is 3. The average Bonchev–Trinajstić information content (AvgIpc) is 2.65. The van der Waals surface area contributed by atoms with Crippen molar-refractivity contribution in [1.82, 2.24) is 0 Å². The lowest BCUT2D eigenvalue weighted by atomic mass is 10.1. The van der Waals surface area contributed by atoms with Gasteiger partial charge in [-0.05, 0) is 36.4 Å². The highest BCUT2D eigenvalue weighted by Crippen LogP contribution is 2.26. The topological polar surface area (TPSA) is 122 Å². The zero-order valence-corrected chi connectivity index (χ0v) is 16.1. The Morgan fingerprint density at radius 3 is 2.59 bits per heavy atom. The molecule has 2 rings (SSSR count). The molecule has 1 amide bonds. The number of alkyl halides is 2. The molecule has 29 heavy (non-hydrogen) atoms. The summed E-state index contributed by atoms with van der Waals surface area (Å²) in [4.78, 5) is 33.4. The highest BCUT2D eigenvalue weighted by Gasteiger charge is 2.17. The summed E-state index contributed by atoms with van der Waals surface area (Å²) in [5, 5.41) is 11.1. The minimum absolute atomic E-state index is 0.0472. The number of rotatable bonds is 8. The Bertz CT molecular complexity index is 981. The summed E-state index contributed by atoms with van der Waals surface area (Å²) < 4.78 is 34.8. The van der Waals surface area contributed by atoms with E-state index in [9.17, 15) is 28.5 Å². The van der Waals surface area contributed by atoms with Crippen molar-refractivity contribution in [3.63, 3.8) is 0 Å². The van der Waals surface area contributed by atoms with Crippen molar-refractivity contribution in [3.8, 4) is 5.75 Å². The fourth-order valence-electron chi connectivity index (χ4n) is 2.22. The second-order valence-electron chi connectivity index (χ2n) is 5.47.